The van der Waals surface area contributed by atoms with Crippen molar-refractivity contribution in [3.63, 3.8) is 0 Å². The molecule has 0 amide bonds. The molecule has 3 rings (SSSR count). The maximum Gasteiger partial charge on any atom is 0.141 e. The van der Waals surface area contributed by atoms with Crippen LogP contribution in [0.3, 0.4) is 0 Å². The SMILES string of the molecule is COc1ccc(Nc2ncnc3ccc(F)cc23)cc1Cl. The van der Waals surface area contributed by atoms with Gasteiger partial charge < -0.3 is 10.1 Å². The van der Waals surface area contributed by atoms with Crippen molar-refractivity contribution in [2.45, 2.75) is 0 Å². The van der Waals surface area contributed by atoms with Gasteiger partial charge in [0.05, 0.1) is 17.6 Å². The van der Waals surface area contributed by atoms with Crippen LogP contribution in [0, 0.1) is 5.82 Å². The van der Waals surface area contributed by atoms with Crippen LogP contribution in [0.15, 0.2) is 42.7 Å². The summed E-state index contributed by atoms with van der Waals surface area (Å²) in [7, 11) is 1.55. The first-order valence-electron chi connectivity index (χ1n) is 6.18. The number of nitrogens with zero attached hydrogens (tertiary/aromatic N) is 2. The second-order valence-corrected chi connectivity index (χ2v) is 4.77. The Bertz CT molecular complexity index is 810. The van der Waals surface area contributed by atoms with E-state index in [4.69, 9.17) is 16.3 Å². The molecule has 1 N–H and O–H groups in total. The number of methoxy groups -OCH3 is 1. The lowest BCUT2D eigenvalue weighted by Gasteiger charge is -2.10. The normalized spacial score (nSPS) is 10.6. The predicted molar refractivity (Wildman–Crippen MR) is 80.8 cm³/mol. The molecule has 4 nitrogen and oxygen atoms in total. The molecule has 3 aromatic rings. The van der Waals surface area contributed by atoms with E-state index in [-0.39, 0.29) is 5.82 Å². The Morgan fingerprint density at radius 1 is 1.14 bits per heavy atom. The Balaban J connectivity index is 2.01. The quantitative estimate of drug-likeness (QED) is 0.788. The average molecular weight is 304 g/mol. The first-order valence-corrected chi connectivity index (χ1v) is 6.56. The zero-order chi connectivity index (χ0) is 14.8. The summed E-state index contributed by atoms with van der Waals surface area (Å²) < 4.78 is 18.5. The summed E-state index contributed by atoms with van der Waals surface area (Å²) in [4.78, 5) is 8.26. The maximum absolute atomic E-state index is 13.4. The van der Waals surface area contributed by atoms with E-state index in [0.717, 1.165) is 5.69 Å². The number of hydrogen-bond acceptors (Lipinski definition) is 4. The summed E-state index contributed by atoms with van der Waals surface area (Å²) in [5.74, 6) is 0.759. The van der Waals surface area contributed by atoms with Gasteiger partial charge in [-0.15, -0.1) is 0 Å². The predicted octanol–water partition coefficient (Wildman–Crippen LogP) is 4.17. The maximum atomic E-state index is 13.4. The van der Waals surface area contributed by atoms with Gasteiger partial charge >= 0.3 is 0 Å². The number of aromatic nitrogens is 2. The number of rotatable bonds is 3. The van der Waals surface area contributed by atoms with Crippen molar-refractivity contribution in [3.05, 3.63) is 53.6 Å². The second kappa shape index (κ2) is 5.54. The summed E-state index contributed by atoms with van der Waals surface area (Å²) in [5.41, 5.74) is 1.39. The molecule has 0 aliphatic carbocycles. The number of fused-ring (bicyclic) bond motifs is 1. The van der Waals surface area contributed by atoms with Gasteiger partial charge in [-0.25, -0.2) is 14.4 Å². The first-order chi connectivity index (χ1) is 10.2. The van der Waals surface area contributed by atoms with E-state index in [2.05, 4.69) is 15.3 Å². The lowest BCUT2D eigenvalue weighted by Crippen LogP contribution is -1.97. The van der Waals surface area contributed by atoms with Crippen LogP contribution in [0.2, 0.25) is 5.02 Å². The topological polar surface area (TPSA) is 47.0 Å². The van der Waals surface area contributed by atoms with Crippen molar-refractivity contribution in [1.29, 1.82) is 0 Å². The van der Waals surface area contributed by atoms with E-state index in [0.29, 0.717) is 27.5 Å². The minimum Gasteiger partial charge on any atom is -0.495 e. The molecule has 0 fully saturated rings. The molecule has 0 atom stereocenters. The molecule has 1 heterocycles. The van der Waals surface area contributed by atoms with Crippen molar-refractivity contribution in [1.82, 2.24) is 9.97 Å². The van der Waals surface area contributed by atoms with Crippen LogP contribution in [-0.2, 0) is 0 Å². The van der Waals surface area contributed by atoms with E-state index in [1.54, 1.807) is 31.4 Å². The monoisotopic (exact) mass is 303 g/mol. The van der Waals surface area contributed by atoms with Crippen LogP contribution in [0.25, 0.3) is 10.9 Å². The molecule has 6 heteroatoms. The summed E-state index contributed by atoms with van der Waals surface area (Å²) in [6.45, 7) is 0. The second-order valence-electron chi connectivity index (χ2n) is 4.36. The van der Waals surface area contributed by atoms with E-state index in [1.165, 1.54) is 18.5 Å². The average Bonchev–Trinajstić information content (AvgIpc) is 2.48. The highest BCUT2D eigenvalue weighted by atomic mass is 35.5. The van der Waals surface area contributed by atoms with Crippen LogP contribution in [-0.4, -0.2) is 17.1 Å². The molecule has 0 radical (unpaired) electrons. The highest BCUT2D eigenvalue weighted by Crippen LogP contribution is 2.30. The van der Waals surface area contributed by atoms with Crippen molar-refractivity contribution < 1.29 is 9.13 Å². The third kappa shape index (κ3) is 2.73. The van der Waals surface area contributed by atoms with Crippen LogP contribution < -0.4 is 10.1 Å². The Labute approximate surface area is 125 Å². The molecule has 0 bridgehead atoms. The fourth-order valence-electron chi connectivity index (χ4n) is 2.01. The van der Waals surface area contributed by atoms with Gasteiger partial charge in [-0.05, 0) is 36.4 Å². The van der Waals surface area contributed by atoms with Gasteiger partial charge in [-0.2, -0.15) is 0 Å². The van der Waals surface area contributed by atoms with E-state index >= 15 is 0 Å². The molecule has 0 unspecified atom stereocenters. The molecular weight excluding hydrogens is 293 g/mol. The highest BCUT2D eigenvalue weighted by molar-refractivity contribution is 6.32. The smallest absolute Gasteiger partial charge is 0.141 e. The molecular formula is C15H11ClFN3O. The Morgan fingerprint density at radius 2 is 2.00 bits per heavy atom. The highest BCUT2D eigenvalue weighted by Gasteiger charge is 2.07. The lowest BCUT2D eigenvalue weighted by molar-refractivity contribution is 0.415. The standard InChI is InChI=1S/C15H11ClFN3O/c1-21-14-5-3-10(7-12(14)16)20-15-11-6-9(17)2-4-13(11)18-8-19-15/h2-8H,1H3,(H,18,19,20). The zero-order valence-electron chi connectivity index (χ0n) is 11.1. The number of benzene rings is 2. The molecule has 0 aliphatic rings. The van der Waals surface area contributed by atoms with Gasteiger partial charge in [0.15, 0.2) is 0 Å². The minimum atomic E-state index is -0.340. The zero-order valence-corrected chi connectivity index (χ0v) is 11.9. The van der Waals surface area contributed by atoms with Gasteiger partial charge in [-0.3, -0.25) is 0 Å². The van der Waals surface area contributed by atoms with Crippen LogP contribution >= 0.6 is 11.6 Å². The molecule has 0 saturated heterocycles. The summed E-state index contributed by atoms with van der Waals surface area (Å²) in [5, 5.41) is 4.19. The fraction of sp³-hybridized carbons (Fsp3) is 0.0667. The number of hydrogen-bond donors (Lipinski definition) is 1. The van der Waals surface area contributed by atoms with Crippen LogP contribution in [0.5, 0.6) is 5.75 Å². The third-order valence-corrected chi connectivity index (χ3v) is 3.31. The van der Waals surface area contributed by atoms with Gasteiger partial charge in [0.1, 0.15) is 23.7 Å². The molecule has 0 aliphatic heterocycles. The van der Waals surface area contributed by atoms with E-state index < -0.39 is 0 Å². The number of anilines is 2. The first kappa shape index (κ1) is 13.6. The molecule has 0 saturated carbocycles. The van der Waals surface area contributed by atoms with Crippen molar-refractivity contribution >= 4 is 34.0 Å². The molecule has 1 aromatic heterocycles. The molecule has 2 aromatic carbocycles. The molecule has 0 spiro atoms. The fourth-order valence-corrected chi connectivity index (χ4v) is 2.27. The van der Waals surface area contributed by atoms with Gasteiger partial charge in [0.25, 0.3) is 0 Å². The van der Waals surface area contributed by atoms with Crippen LogP contribution in [0.4, 0.5) is 15.9 Å². The van der Waals surface area contributed by atoms with Crippen molar-refractivity contribution in [3.8, 4) is 5.75 Å². The Kier molecular flexibility index (Phi) is 3.58. The number of ether oxygens (including phenoxy) is 1. The van der Waals surface area contributed by atoms with Crippen molar-refractivity contribution in [2.75, 3.05) is 12.4 Å². The third-order valence-electron chi connectivity index (χ3n) is 3.01. The number of halogens is 2. The molecule has 21 heavy (non-hydrogen) atoms. The van der Waals surface area contributed by atoms with Crippen LogP contribution in [0.1, 0.15) is 0 Å². The Hall–Kier alpha value is -2.40. The van der Waals surface area contributed by atoms with Gasteiger partial charge in [-0.1, -0.05) is 11.6 Å². The number of nitrogens with one attached hydrogen (secondary N) is 1. The summed E-state index contributed by atoms with van der Waals surface area (Å²) in [6.07, 6.45) is 1.42. The van der Waals surface area contributed by atoms with Gasteiger partial charge in [0, 0.05) is 11.1 Å². The summed E-state index contributed by atoms with van der Waals surface area (Å²) >= 11 is 6.08. The van der Waals surface area contributed by atoms with E-state index in [9.17, 15) is 4.39 Å². The van der Waals surface area contributed by atoms with Crippen molar-refractivity contribution in [2.24, 2.45) is 0 Å². The Morgan fingerprint density at radius 3 is 2.76 bits per heavy atom. The minimum absolute atomic E-state index is 0.340. The van der Waals surface area contributed by atoms with E-state index in [1.807, 2.05) is 0 Å². The van der Waals surface area contributed by atoms with Gasteiger partial charge in [0.2, 0.25) is 0 Å². The summed E-state index contributed by atoms with van der Waals surface area (Å²) in [6, 6.07) is 9.63. The molecule has 106 valence electrons. The lowest BCUT2D eigenvalue weighted by atomic mass is 10.2. The largest absolute Gasteiger partial charge is 0.495 e.